The highest BCUT2D eigenvalue weighted by Gasteiger charge is 2.14. The zero-order valence-electron chi connectivity index (χ0n) is 12.6. The van der Waals surface area contributed by atoms with Crippen LogP contribution < -0.4 is 5.32 Å². The molecule has 6 nitrogen and oxygen atoms in total. The number of rotatable bonds is 3. The summed E-state index contributed by atoms with van der Waals surface area (Å²) in [5, 5.41) is 2.95. The Morgan fingerprint density at radius 1 is 1.28 bits per heavy atom. The summed E-state index contributed by atoms with van der Waals surface area (Å²) in [7, 11) is 0. The van der Waals surface area contributed by atoms with Gasteiger partial charge >= 0.3 is 0 Å². The number of anilines is 1. The quantitative estimate of drug-likeness (QED) is 0.465. The summed E-state index contributed by atoms with van der Waals surface area (Å²) in [5.74, 6) is 0.931. The van der Waals surface area contributed by atoms with Crippen molar-refractivity contribution in [2.75, 3.05) is 5.32 Å². The standard InChI is InChI=1S/C17H10BrClN4O2/c18-9-6-11(15(19)20-8-9)17(24)21-10-3-4-12-13(7-10)23-16(22-12)14-2-1-5-25-14/h1-8H,(H,21,24)(H,22,23). The summed E-state index contributed by atoms with van der Waals surface area (Å²) in [6, 6.07) is 10.6. The molecule has 0 radical (unpaired) electrons. The largest absolute Gasteiger partial charge is 0.461 e. The number of fused-ring (bicyclic) bond motifs is 1. The van der Waals surface area contributed by atoms with Crippen LogP contribution in [0.2, 0.25) is 5.15 Å². The number of halogens is 2. The van der Waals surface area contributed by atoms with Gasteiger partial charge in [0.2, 0.25) is 0 Å². The Hall–Kier alpha value is -2.64. The van der Waals surface area contributed by atoms with Gasteiger partial charge in [-0.3, -0.25) is 4.79 Å². The first kappa shape index (κ1) is 15.9. The molecular formula is C17H10BrClN4O2. The lowest BCUT2D eigenvalue weighted by Gasteiger charge is -2.06. The predicted octanol–water partition coefficient (Wildman–Crippen LogP) is 4.89. The third-order valence-electron chi connectivity index (χ3n) is 3.54. The maximum absolute atomic E-state index is 12.4. The Balaban J connectivity index is 1.63. The average molecular weight is 418 g/mol. The van der Waals surface area contributed by atoms with E-state index in [-0.39, 0.29) is 16.6 Å². The highest BCUT2D eigenvalue weighted by Crippen LogP contribution is 2.24. The van der Waals surface area contributed by atoms with Crippen LogP contribution in [0.1, 0.15) is 10.4 Å². The fourth-order valence-corrected chi connectivity index (χ4v) is 2.92. The molecule has 8 heteroatoms. The minimum Gasteiger partial charge on any atom is -0.461 e. The van der Waals surface area contributed by atoms with Gasteiger partial charge in [-0.25, -0.2) is 9.97 Å². The molecule has 0 unspecified atom stereocenters. The van der Waals surface area contributed by atoms with Gasteiger partial charge in [-0.2, -0.15) is 0 Å². The number of imidazole rings is 1. The Labute approximate surface area is 155 Å². The van der Waals surface area contributed by atoms with Gasteiger partial charge in [0.15, 0.2) is 11.6 Å². The van der Waals surface area contributed by atoms with Crippen LogP contribution in [-0.4, -0.2) is 20.9 Å². The number of pyridine rings is 1. The second-order valence-electron chi connectivity index (χ2n) is 5.24. The number of benzene rings is 1. The van der Waals surface area contributed by atoms with Crippen LogP contribution in [0.25, 0.3) is 22.6 Å². The van der Waals surface area contributed by atoms with E-state index in [4.69, 9.17) is 16.0 Å². The van der Waals surface area contributed by atoms with Crippen molar-refractivity contribution in [3.05, 3.63) is 64.0 Å². The Bertz CT molecular complexity index is 1080. The number of furan rings is 1. The number of hydrogen-bond acceptors (Lipinski definition) is 4. The van der Waals surface area contributed by atoms with E-state index < -0.39 is 0 Å². The maximum Gasteiger partial charge on any atom is 0.258 e. The van der Waals surface area contributed by atoms with Gasteiger partial charge in [0.25, 0.3) is 5.91 Å². The molecule has 0 saturated carbocycles. The van der Waals surface area contributed by atoms with Gasteiger partial charge in [0.1, 0.15) is 5.15 Å². The molecule has 4 aromatic rings. The van der Waals surface area contributed by atoms with Crippen molar-refractivity contribution in [3.8, 4) is 11.6 Å². The van der Waals surface area contributed by atoms with Crippen LogP contribution >= 0.6 is 27.5 Å². The fraction of sp³-hybridized carbons (Fsp3) is 0. The number of amides is 1. The summed E-state index contributed by atoms with van der Waals surface area (Å²) in [5.41, 5.74) is 2.45. The summed E-state index contributed by atoms with van der Waals surface area (Å²) in [6.45, 7) is 0. The Morgan fingerprint density at radius 2 is 2.16 bits per heavy atom. The van der Waals surface area contributed by atoms with E-state index in [1.807, 2.05) is 12.1 Å². The molecular weight excluding hydrogens is 408 g/mol. The first-order valence-electron chi connectivity index (χ1n) is 7.26. The van der Waals surface area contributed by atoms with Crippen LogP contribution in [0.4, 0.5) is 5.69 Å². The first-order valence-corrected chi connectivity index (χ1v) is 8.43. The molecule has 0 saturated heterocycles. The lowest BCUT2D eigenvalue weighted by molar-refractivity contribution is 0.102. The monoisotopic (exact) mass is 416 g/mol. The van der Waals surface area contributed by atoms with Crippen molar-refractivity contribution in [1.82, 2.24) is 15.0 Å². The molecule has 0 fully saturated rings. The van der Waals surface area contributed by atoms with Crippen LogP contribution in [-0.2, 0) is 0 Å². The number of aromatic nitrogens is 3. The number of carbonyl (C=O) groups excluding carboxylic acids is 1. The highest BCUT2D eigenvalue weighted by atomic mass is 79.9. The molecule has 3 aromatic heterocycles. The summed E-state index contributed by atoms with van der Waals surface area (Å²) >= 11 is 9.27. The smallest absolute Gasteiger partial charge is 0.258 e. The van der Waals surface area contributed by atoms with Crippen LogP contribution in [0, 0.1) is 0 Å². The van der Waals surface area contributed by atoms with Crippen LogP contribution in [0.3, 0.4) is 0 Å². The molecule has 3 heterocycles. The number of nitrogens with one attached hydrogen (secondary N) is 2. The molecule has 0 aliphatic heterocycles. The fourth-order valence-electron chi connectivity index (χ4n) is 2.40. The second-order valence-corrected chi connectivity index (χ2v) is 6.51. The van der Waals surface area contributed by atoms with E-state index in [1.54, 1.807) is 30.5 Å². The molecule has 0 aliphatic rings. The lowest BCUT2D eigenvalue weighted by atomic mass is 10.2. The summed E-state index contributed by atoms with van der Waals surface area (Å²) in [6.07, 6.45) is 3.12. The van der Waals surface area contributed by atoms with E-state index in [9.17, 15) is 4.79 Å². The van der Waals surface area contributed by atoms with Crippen molar-refractivity contribution in [1.29, 1.82) is 0 Å². The normalized spacial score (nSPS) is 11.0. The Morgan fingerprint density at radius 3 is 2.96 bits per heavy atom. The molecule has 4 rings (SSSR count). The average Bonchev–Trinajstić information content (AvgIpc) is 3.25. The SMILES string of the molecule is O=C(Nc1ccc2nc(-c3ccco3)[nH]c2c1)c1cc(Br)cnc1Cl. The Kier molecular flexibility index (Phi) is 4.03. The molecule has 1 amide bonds. The molecule has 0 aliphatic carbocycles. The van der Waals surface area contributed by atoms with Gasteiger partial charge in [-0.1, -0.05) is 11.6 Å². The van der Waals surface area contributed by atoms with Crippen molar-refractivity contribution in [3.63, 3.8) is 0 Å². The molecule has 124 valence electrons. The van der Waals surface area contributed by atoms with Crippen molar-refractivity contribution >= 4 is 50.2 Å². The van der Waals surface area contributed by atoms with E-state index in [0.717, 1.165) is 11.0 Å². The number of H-pyrrole nitrogens is 1. The van der Waals surface area contributed by atoms with E-state index in [0.29, 0.717) is 21.7 Å². The van der Waals surface area contributed by atoms with Crippen molar-refractivity contribution < 1.29 is 9.21 Å². The van der Waals surface area contributed by atoms with Crippen LogP contribution in [0.5, 0.6) is 0 Å². The maximum atomic E-state index is 12.4. The minimum atomic E-state index is -0.344. The van der Waals surface area contributed by atoms with E-state index >= 15 is 0 Å². The molecule has 2 N–H and O–H groups in total. The van der Waals surface area contributed by atoms with Crippen LogP contribution in [0.15, 0.2) is 57.7 Å². The summed E-state index contributed by atoms with van der Waals surface area (Å²) in [4.78, 5) is 24.0. The first-order chi connectivity index (χ1) is 12.1. The van der Waals surface area contributed by atoms with Gasteiger partial charge in [0.05, 0.1) is 22.9 Å². The second kappa shape index (κ2) is 6.34. The molecule has 0 bridgehead atoms. The third-order valence-corrected chi connectivity index (χ3v) is 4.28. The van der Waals surface area contributed by atoms with Gasteiger partial charge < -0.3 is 14.7 Å². The number of nitrogens with zero attached hydrogens (tertiary/aromatic N) is 2. The minimum absolute atomic E-state index is 0.142. The predicted molar refractivity (Wildman–Crippen MR) is 98.7 cm³/mol. The van der Waals surface area contributed by atoms with Crippen molar-refractivity contribution in [2.45, 2.75) is 0 Å². The van der Waals surface area contributed by atoms with Gasteiger partial charge in [-0.05, 0) is 52.3 Å². The summed E-state index contributed by atoms with van der Waals surface area (Å²) < 4.78 is 6.01. The molecule has 25 heavy (non-hydrogen) atoms. The van der Waals surface area contributed by atoms with Crippen molar-refractivity contribution in [2.24, 2.45) is 0 Å². The zero-order chi connectivity index (χ0) is 17.4. The van der Waals surface area contributed by atoms with Gasteiger partial charge in [-0.15, -0.1) is 0 Å². The molecule has 0 atom stereocenters. The molecule has 1 aromatic carbocycles. The number of aromatic amines is 1. The van der Waals surface area contributed by atoms with Gasteiger partial charge in [0, 0.05) is 16.4 Å². The molecule has 0 spiro atoms. The lowest BCUT2D eigenvalue weighted by Crippen LogP contribution is -2.13. The van der Waals surface area contributed by atoms with E-state index in [1.165, 1.54) is 6.20 Å². The number of carbonyl (C=O) groups is 1. The van der Waals surface area contributed by atoms with E-state index in [2.05, 4.69) is 36.2 Å². The third kappa shape index (κ3) is 3.16. The number of hydrogen-bond donors (Lipinski definition) is 2. The highest BCUT2D eigenvalue weighted by molar-refractivity contribution is 9.10. The topological polar surface area (TPSA) is 83.8 Å². The zero-order valence-corrected chi connectivity index (χ0v) is 14.9.